The molecule has 0 saturated carbocycles. The molecule has 0 heterocycles. The molecule has 1 N–H and O–H groups in total. The summed E-state index contributed by atoms with van der Waals surface area (Å²) in [5, 5.41) is 2.72. The third kappa shape index (κ3) is 4.90. The molecule has 1 aliphatic carbocycles. The van der Waals surface area contributed by atoms with E-state index in [9.17, 15) is 9.59 Å². The van der Waals surface area contributed by atoms with Crippen molar-refractivity contribution >= 4 is 11.9 Å². The summed E-state index contributed by atoms with van der Waals surface area (Å²) in [4.78, 5) is 23.7. The van der Waals surface area contributed by atoms with Gasteiger partial charge in [0, 0.05) is 5.92 Å². The van der Waals surface area contributed by atoms with Crippen LogP contribution in [-0.2, 0) is 14.3 Å². The Kier molecular flexibility index (Phi) is 4.93. The van der Waals surface area contributed by atoms with Gasteiger partial charge in [-0.1, -0.05) is 12.2 Å². The van der Waals surface area contributed by atoms with Crippen molar-refractivity contribution in [3.63, 3.8) is 0 Å². The van der Waals surface area contributed by atoms with E-state index in [4.69, 9.17) is 4.74 Å². The lowest BCUT2D eigenvalue weighted by atomic mass is 9.93. The van der Waals surface area contributed by atoms with Crippen molar-refractivity contribution in [2.45, 2.75) is 58.6 Å². The minimum absolute atomic E-state index is 0.0140. The van der Waals surface area contributed by atoms with Crippen LogP contribution in [0.3, 0.4) is 0 Å². The van der Waals surface area contributed by atoms with Gasteiger partial charge in [-0.15, -0.1) is 0 Å². The van der Waals surface area contributed by atoms with Crippen LogP contribution in [0.25, 0.3) is 0 Å². The van der Waals surface area contributed by atoms with E-state index >= 15 is 0 Å². The largest absolute Gasteiger partial charge is 0.458 e. The molecule has 0 spiro atoms. The molecule has 4 heteroatoms. The van der Waals surface area contributed by atoms with E-state index in [1.54, 1.807) is 6.92 Å². The molecule has 4 nitrogen and oxygen atoms in total. The van der Waals surface area contributed by atoms with Gasteiger partial charge in [-0.2, -0.15) is 0 Å². The van der Waals surface area contributed by atoms with Crippen molar-refractivity contribution in [3.8, 4) is 0 Å². The number of ether oxygens (including phenoxy) is 1. The van der Waals surface area contributed by atoms with Gasteiger partial charge in [0.1, 0.15) is 11.6 Å². The summed E-state index contributed by atoms with van der Waals surface area (Å²) in [7, 11) is 0. The highest BCUT2D eigenvalue weighted by Gasteiger charge is 2.26. The highest BCUT2D eigenvalue weighted by molar-refractivity contribution is 5.85. The predicted molar refractivity (Wildman–Crippen MR) is 69.9 cm³/mol. The molecule has 0 aliphatic heterocycles. The highest BCUT2D eigenvalue weighted by Crippen LogP contribution is 2.18. The predicted octanol–water partition coefficient (Wildman–Crippen LogP) is 2.19. The molecule has 2 atom stereocenters. The SMILES string of the molecule is C[C@H](NC(=O)C1CC=CCC1)C(=O)OC(C)(C)C. The minimum atomic E-state index is -0.595. The number of amides is 1. The van der Waals surface area contributed by atoms with Crippen LogP contribution < -0.4 is 5.32 Å². The first kappa shape index (κ1) is 14.7. The average molecular weight is 253 g/mol. The summed E-state index contributed by atoms with van der Waals surface area (Å²) < 4.78 is 5.22. The zero-order valence-corrected chi connectivity index (χ0v) is 11.7. The monoisotopic (exact) mass is 253 g/mol. The minimum Gasteiger partial charge on any atom is -0.458 e. The Hall–Kier alpha value is -1.32. The van der Waals surface area contributed by atoms with Gasteiger partial charge in [0.25, 0.3) is 0 Å². The van der Waals surface area contributed by atoms with E-state index in [1.165, 1.54) is 0 Å². The zero-order valence-electron chi connectivity index (χ0n) is 11.7. The van der Waals surface area contributed by atoms with E-state index in [0.717, 1.165) is 19.3 Å². The summed E-state index contributed by atoms with van der Waals surface area (Å²) >= 11 is 0. The smallest absolute Gasteiger partial charge is 0.328 e. The molecule has 1 aliphatic rings. The molecule has 1 amide bonds. The molecule has 0 fully saturated rings. The third-order valence-corrected chi connectivity index (χ3v) is 2.76. The maximum absolute atomic E-state index is 11.9. The molecule has 0 aromatic rings. The molecule has 0 radical (unpaired) electrons. The Morgan fingerprint density at radius 2 is 2.00 bits per heavy atom. The van der Waals surface area contributed by atoms with Crippen molar-refractivity contribution in [1.82, 2.24) is 5.32 Å². The highest BCUT2D eigenvalue weighted by atomic mass is 16.6. The maximum Gasteiger partial charge on any atom is 0.328 e. The molecule has 0 saturated heterocycles. The normalized spacial score (nSPS) is 21.2. The van der Waals surface area contributed by atoms with Crippen LogP contribution in [0.1, 0.15) is 47.0 Å². The fourth-order valence-corrected chi connectivity index (χ4v) is 1.81. The summed E-state index contributed by atoms with van der Waals surface area (Å²) in [5.74, 6) is -0.459. The molecule has 18 heavy (non-hydrogen) atoms. The Morgan fingerprint density at radius 3 is 2.50 bits per heavy atom. The molecular formula is C14H23NO3. The Bertz CT molecular complexity index is 341. The maximum atomic E-state index is 11.9. The molecular weight excluding hydrogens is 230 g/mol. The van der Waals surface area contributed by atoms with Gasteiger partial charge in [0.2, 0.25) is 5.91 Å². The van der Waals surface area contributed by atoms with Gasteiger partial charge in [-0.05, 0) is 47.0 Å². The van der Waals surface area contributed by atoms with E-state index in [0.29, 0.717) is 0 Å². The van der Waals surface area contributed by atoms with Gasteiger partial charge in [-0.3, -0.25) is 4.79 Å². The van der Waals surface area contributed by atoms with E-state index in [1.807, 2.05) is 26.8 Å². The van der Waals surface area contributed by atoms with Crippen LogP contribution in [-0.4, -0.2) is 23.5 Å². The number of carbonyl (C=O) groups excluding carboxylic acids is 2. The van der Waals surface area contributed by atoms with Crippen LogP contribution in [0.5, 0.6) is 0 Å². The van der Waals surface area contributed by atoms with Crippen LogP contribution in [0, 0.1) is 5.92 Å². The third-order valence-electron chi connectivity index (χ3n) is 2.76. The summed E-state index contributed by atoms with van der Waals surface area (Å²) in [6, 6.07) is -0.595. The molecule has 1 unspecified atom stereocenters. The summed E-state index contributed by atoms with van der Waals surface area (Å²) in [5.41, 5.74) is -0.524. The van der Waals surface area contributed by atoms with Gasteiger partial charge in [0.15, 0.2) is 0 Å². The lowest BCUT2D eigenvalue weighted by Crippen LogP contribution is -2.44. The Morgan fingerprint density at radius 1 is 1.33 bits per heavy atom. The van der Waals surface area contributed by atoms with Gasteiger partial charge in [0.05, 0.1) is 0 Å². The number of nitrogens with one attached hydrogen (secondary N) is 1. The van der Waals surface area contributed by atoms with E-state index < -0.39 is 11.6 Å². The van der Waals surface area contributed by atoms with Crippen molar-refractivity contribution < 1.29 is 14.3 Å². The van der Waals surface area contributed by atoms with Gasteiger partial charge >= 0.3 is 5.97 Å². The first-order valence-corrected chi connectivity index (χ1v) is 6.48. The van der Waals surface area contributed by atoms with Gasteiger partial charge < -0.3 is 10.1 Å². The summed E-state index contributed by atoms with van der Waals surface area (Å²) in [6.45, 7) is 7.09. The quantitative estimate of drug-likeness (QED) is 0.619. The van der Waals surface area contributed by atoms with Crippen molar-refractivity contribution in [1.29, 1.82) is 0 Å². The lowest BCUT2D eigenvalue weighted by molar-refractivity contribution is -0.158. The zero-order chi connectivity index (χ0) is 13.8. The van der Waals surface area contributed by atoms with Crippen molar-refractivity contribution in [2.24, 2.45) is 5.92 Å². The Balaban J connectivity index is 2.43. The second kappa shape index (κ2) is 6.03. The number of esters is 1. The van der Waals surface area contributed by atoms with Crippen LogP contribution in [0.2, 0.25) is 0 Å². The lowest BCUT2D eigenvalue weighted by Gasteiger charge is -2.24. The van der Waals surface area contributed by atoms with Gasteiger partial charge in [-0.25, -0.2) is 4.79 Å². The molecule has 0 aromatic heterocycles. The fourth-order valence-electron chi connectivity index (χ4n) is 1.81. The second-order valence-corrected chi connectivity index (χ2v) is 5.75. The van der Waals surface area contributed by atoms with Crippen LogP contribution in [0.4, 0.5) is 0 Å². The first-order valence-electron chi connectivity index (χ1n) is 6.48. The van der Waals surface area contributed by atoms with Crippen molar-refractivity contribution in [2.75, 3.05) is 0 Å². The van der Waals surface area contributed by atoms with Crippen molar-refractivity contribution in [3.05, 3.63) is 12.2 Å². The summed E-state index contributed by atoms with van der Waals surface area (Å²) in [6.07, 6.45) is 6.64. The van der Waals surface area contributed by atoms with Crippen LogP contribution in [0.15, 0.2) is 12.2 Å². The standard InChI is InChI=1S/C14H23NO3/c1-10(13(17)18-14(2,3)4)15-12(16)11-8-6-5-7-9-11/h5-6,10-11H,7-9H2,1-4H3,(H,15,16)/t10-,11?/m0/s1. The number of allylic oxidation sites excluding steroid dienone is 2. The number of hydrogen-bond acceptors (Lipinski definition) is 3. The topological polar surface area (TPSA) is 55.4 Å². The van der Waals surface area contributed by atoms with Crippen LogP contribution >= 0.6 is 0 Å². The van der Waals surface area contributed by atoms with E-state index in [2.05, 4.69) is 11.4 Å². The molecule has 0 aromatic carbocycles. The molecule has 1 rings (SSSR count). The Labute approximate surface area is 109 Å². The number of hydrogen-bond donors (Lipinski definition) is 1. The average Bonchev–Trinajstić information content (AvgIpc) is 2.27. The molecule has 102 valence electrons. The second-order valence-electron chi connectivity index (χ2n) is 5.75. The van der Waals surface area contributed by atoms with E-state index in [-0.39, 0.29) is 17.8 Å². The fraction of sp³-hybridized carbons (Fsp3) is 0.714. The first-order chi connectivity index (χ1) is 8.29. The number of rotatable bonds is 3. The number of carbonyl (C=O) groups is 2. The molecule has 0 bridgehead atoms.